The lowest BCUT2D eigenvalue weighted by atomic mass is 9.93. The van der Waals surface area contributed by atoms with E-state index in [-0.39, 0.29) is 11.9 Å². The molecule has 0 spiro atoms. The first-order valence-electron chi connectivity index (χ1n) is 7.90. The van der Waals surface area contributed by atoms with E-state index in [9.17, 15) is 4.39 Å². The molecule has 112 valence electrons. The van der Waals surface area contributed by atoms with Crippen molar-refractivity contribution in [2.45, 2.75) is 58.0 Å². The van der Waals surface area contributed by atoms with Crippen molar-refractivity contribution in [2.75, 3.05) is 18.5 Å². The maximum absolute atomic E-state index is 14.5. The third-order valence-corrected chi connectivity index (χ3v) is 4.57. The Morgan fingerprint density at radius 2 is 2.00 bits per heavy atom. The molecule has 0 radical (unpaired) electrons. The van der Waals surface area contributed by atoms with Crippen molar-refractivity contribution in [3.8, 4) is 0 Å². The zero-order valence-corrected chi connectivity index (χ0v) is 13.0. The molecule has 2 rings (SSSR count). The second-order valence-corrected chi connectivity index (χ2v) is 5.80. The minimum Gasteiger partial charge on any atom is -0.366 e. The predicted octanol–water partition coefficient (Wildman–Crippen LogP) is 4.27. The summed E-state index contributed by atoms with van der Waals surface area (Å²) in [5.74, 6) is -0.0861. The van der Waals surface area contributed by atoms with Crippen molar-refractivity contribution in [3.63, 3.8) is 0 Å². The lowest BCUT2D eigenvalue weighted by Crippen LogP contribution is -2.37. The minimum absolute atomic E-state index is 0.0861. The Morgan fingerprint density at radius 1 is 1.30 bits per heavy atom. The van der Waals surface area contributed by atoms with Gasteiger partial charge in [0.2, 0.25) is 0 Å². The van der Waals surface area contributed by atoms with Gasteiger partial charge in [0.15, 0.2) is 0 Å². The van der Waals surface area contributed by atoms with Gasteiger partial charge in [-0.1, -0.05) is 25.3 Å². The molecule has 0 aliphatic heterocycles. The molecule has 0 bridgehead atoms. The molecule has 2 nitrogen and oxygen atoms in total. The van der Waals surface area contributed by atoms with Gasteiger partial charge in [0.05, 0.1) is 5.69 Å². The SMILES string of the molecule is CCN(c1ccc(C(C)NC)cc1F)C1CCCCC1. The number of nitrogens with one attached hydrogen (secondary N) is 1. The molecule has 1 aromatic rings. The Hall–Kier alpha value is -1.09. The largest absolute Gasteiger partial charge is 0.366 e. The average Bonchev–Trinajstić information content (AvgIpc) is 2.49. The summed E-state index contributed by atoms with van der Waals surface area (Å²) in [5.41, 5.74) is 1.78. The van der Waals surface area contributed by atoms with Crippen LogP contribution < -0.4 is 10.2 Å². The highest BCUT2D eigenvalue weighted by molar-refractivity contribution is 5.50. The summed E-state index contributed by atoms with van der Waals surface area (Å²) < 4.78 is 14.5. The zero-order chi connectivity index (χ0) is 14.5. The van der Waals surface area contributed by atoms with Gasteiger partial charge in [-0.3, -0.25) is 0 Å². The number of nitrogens with zero attached hydrogens (tertiary/aromatic N) is 1. The molecular formula is C17H27FN2. The molecule has 3 heteroatoms. The molecule has 1 aromatic carbocycles. The van der Waals surface area contributed by atoms with Gasteiger partial charge >= 0.3 is 0 Å². The average molecular weight is 278 g/mol. The molecule has 20 heavy (non-hydrogen) atoms. The van der Waals surface area contributed by atoms with Gasteiger partial charge < -0.3 is 10.2 Å². The summed E-state index contributed by atoms with van der Waals surface area (Å²) in [4.78, 5) is 2.25. The van der Waals surface area contributed by atoms with Crippen LogP contribution in [0.15, 0.2) is 18.2 Å². The van der Waals surface area contributed by atoms with Crippen LogP contribution in [-0.2, 0) is 0 Å². The fourth-order valence-corrected chi connectivity index (χ4v) is 3.21. The molecule has 1 fully saturated rings. The monoisotopic (exact) mass is 278 g/mol. The van der Waals surface area contributed by atoms with Crippen molar-refractivity contribution in [2.24, 2.45) is 0 Å². The van der Waals surface area contributed by atoms with E-state index in [4.69, 9.17) is 0 Å². The summed E-state index contributed by atoms with van der Waals surface area (Å²) in [7, 11) is 1.90. The number of hydrogen-bond donors (Lipinski definition) is 1. The standard InChI is InChI=1S/C17H27FN2/c1-4-20(15-8-6-5-7-9-15)17-11-10-14(12-16(17)18)13(2)19-3/h10-13,15,19H,4-9H2,1-3H3. The highest BCUT2D eigenvalue weighted by Crippen LogP contribution is 2.30. The van der Waals surface area contributed by atoms with E-state index in [1.807, 2.05) is 26.1 Å². The predicted molar refractivity (Wildman–Crippen MR) is 83.8 cm³/mol. The van der Waals surface area contributed by atoms with E-state index < -0.39 is 0 Å². The molecule has 1 N–H and O–H groups in total. The first-order chi connectivity index (χ1) is 9.67. The quantitative estimate of drug-likeness (QED) is 0.865. The second-order valence-electron chi connectivity index (χ2n) is 5.80. The van der Waals surface area contributed by atoms with E-state index in [0.717, 1.165) is 17.8 Å². The fourth-order valence-electron chi connectivity index (χ4n) is 3.21. The van der Waals surface area contributed by atoms with Crippen LogP contribution in [0.2, 0.25) is 0 Å². The molecule has 0 amide bonds. The zero-order valence-electron chi connectivity index (χ0n) is 13.0. The van der Waals surface area contributed by atoms with Crippen LogP contribution in [0.3, 0.4) is 0 Å². The minimum atomic E-state index is -0.0861. The van der Waals surface area contributed by atoms with Crippen molar-refractivity contribution in [1.82, 2.24) is 5.32 Å². The summed E-state index contributed by atoms with van der Waals surface area (Å²) in [6.45, 7) is 5.05. The van der Waals surface area contributed by atoms with E-state index in [1.54, 1.807) is 6.07 Å². The highest BCUT2D eigenvalue weighted by Gasteiger charge is 2.22. The van der Waals surface area contributed by atoms with Gasteiger partial charge in [0.1, 0.15) is 5.82 Å². The van der Waals surface area contributed by atoms with E-state index in [2.05, 4.69) is 17.1 Å². The number of halogens is 1. The maximum atomic E-state index is 14.5. The van der Waals surface area contributed by atoms with Crippen molar-refractivity contribution in [3.05, 3.63) is 29.6 Å². The molecule has 0 aromatic heterocycles. The Labute approximate surface area is 122 Å². The van der Waals surface area contributed by atoms with Gasteiger partial charge in [-0.25, -0.2) is 4.39 Å². The Kier molecular flexibility index (Phi) is 5.41. The lowest BCUT2D eigenvalue weighted by molar-refractivity contribution is 0.414. The molecular weight excluding hydrogens is 251 g/mol. The van der Waals surface area contributed by atoms with Crippen LogP contribution >= 0.6 is 0 Å². The second kappa shape index (κ2) is 7.07. The van der Waals surface area contributed by atoms with Crippen molar-refractivity contribution < 1.29 is 4.39 Å². The lowest BCUT2D eigenvalue weighted by Gasteiger charge is -2.35. The van der Waals surface area contributed by atoms with Crippen LogP contribution in [0.5, 0.6) is 0 Å². The molecule has 1 unspecified atom stereocenters. The smallest absolute Gasteiger partial charge is 0.146 e. The van der Waals surface area contributed by atoms with E-state index in [1.165, 1.54) is 32.1 Å². The van der Waals surface area contributed by atoms with E-state index >= 15 is 0 Å². The molecule has 1 atom stereocenters. The van der Waals surface area contributed by atoms with Crippen LogP contribution in [0.25, 0.3) is 0 Å². The summed E-state index contributed by atoms with van der Waals surface area (Å²) in [5, 5.41) is 3.15. The maximum Gasteiger partial charge on any atom is 0.146 e. The van der Waals surface area contributed by atoms with Gasteiger partial charge in [0.25, 0.3) is 0 Å². The third-order valence-electron chi connectivity index (χ3n) is 4.57. The number of benzene rings is 1. The van der Waals surface area contributed by atoms with Gasteiger partial charge in [-0.15, -0.1) is 0 Å². The topological polar surface area (TPSA) is 15.3 Å². The van der Waals surface area contributed by atoms with Crippen LogP contribution in [-0.4, -0.2) is 19.6 Å². The number of hydrogen-bond acceptors (Lipinski definition) is 2. The van der Waals surface area contributed by atoms with Crippen molar-refractivity contribution in [1.29, 1.82) is 0 Å². The molecule has 1 saturated carbocycles. The Morgan fingerprint density at radius 3 is 2.55 bits per heavy atom. The summed E-state index contributed by atoms with van der Waals surface area (Å²) >= 11 is 0. The number of rotatable bonds is 5. The van der Waals surface area contributed by atoms with Gasteiger partial charge in [-0.05, 0) is 51.4 Å². The molecule has 1 aliphatic carbocycles. The van der Waals surface area contributed by atoms with Crippen LogP contribution in [0, 0.1) is 5.82 Å². The Balaban J connectivity index is 2.21. The fraction of sp³-hybridized carbons (Fsp3) is 0.647. The number of anilines is 1. The molecule has 0 saturated heterocycles. The van der Waals surface area contributed by atoms with Crippen LogP contribution in [0.1, 0.15) is 57.6 Å². The van der Waals surface area contributed by atoms with Gasteiger partial charge in [0, 0.05) is 18.6 Å². The summed E-state index contributed by atoms with van der Waals surface area (Å²) in [6.07, 6.45) is 6.27. The van der Waals surface area contributed by atoms with Gasteiger partial charge in [-0.2, -0.15) is 0 Å². The van der Waals surface area contributed by atoms with E-state index in [0.29, 0.717) is 6.04 Å². The normalized spacial score (nSPS) is 18.0. The first-order valence-corrected chi connectivity index (χ1v) is 7.90. The summed E-state index contributed by atoms with van der Waals surface area (Å²) in [6, 6.07) is 6.38. The first kappa shape index (κ1) is 15.3. The van der Waals surface area contributed by atoms with Crippen LogP contribution in [0.4, 0.5) is 10.1 Å². The highest BCUT2D eigenvalue weighted by atomic mass is 19.1. The molecule has 1 aliphatic rings. The van der Waals surface area contributed by atoms with Crippen molar-refractivity contribution >= 4 is 5.69 Å². The molecule has 0 heterocycles. The third kappa shape index (κ3) is 3.32. The Bertz CT molecular complexity index is 427.